The third-order valence-corrected chi connectivity index (χ3v) is 4.01. The van der Waals surface area contributed by atoms with Crippen LogP contribution in [-0.4, -0.2) is 29.8 Å². The summed E-state index contributed by atoms with van der Waals surface area (Å²) in [6, 6.07) is 0. The third-order valence-electron chi connectivity index (χ3n) is 4.01. The van der Waals surface area contributed by atoms with Crippen molar-refractivity contribution in [3.05, 3.63) is 5.89 Å². The first-order chi connectivity index (χ1) is 8.78. The second-order valence-electron chi connectivity index (χ2n) is 5.06. The van der Waals surface area contributed by atoms with Crippen molar-refractivity contribution in [1.82, 2.24) is 10.1 Å². The standard InChI is InChI=1S/C13H24N4O/c1-3-17(4-2)13-15-12(18-16-13)11-7-5-10(9-14)6-8-11/h10-11H,3-9,14H2,1-2H3. The molecule has 2 N–H and O–H groups in total. The van der Waals surface area contributed by atoms with E-state index in [4.69, 9.17) is 10.3 Å². The molecule has 0 radical (unpaired) electrons. The summed E-state index contributed by atoms with van der Waals surface area (Å²) in [5, 5.41) is 4.09. The van der Waals surface area contributed by atoms with Gasteiger partial charge in [0.15, 0.2) is 0 Å². The van der Waals surface area contributed by atoms with Crippen molar-refractivity contribution in [2.24, 2.45) is 11.7 Å². The normalized spacial score (nSPS) is 24.2. The van der Waals surface area contributed by atoms with Gasteiger partial charge in [-0.1, -0.05) is 0 Å². The van der Waals surface area contributed by atoms with E-state index in [0.29, 0.717) is 11.8 Å². The summed E-state index contributed by atoms with van der Waals surface area (Å²) >= 11 is 0. The fourth-order valence-electron chi connectivity index (χ4n) is 2.67. The topological polar surface area (TPSA) is 68.2 Å². The summed E-state index contributed by atoms with van der Waals surface area (Å²) in [5.41, 5.74) is 5.71. The minimum atomic E-state index is 0.435. The average Bonchev–Trinajstić information content (AvgIpc) is 2.90. The predicted molar refractivity (Wildman–Crippen MR) is 71.6 cm³/mol. The number of nitrogens with two attached hydrogens (primary N) is 1. The molecule has 5 nitrogen and oxygen atoms in total. The van der Waals surface area contributed by atoms with E-state index in [1.54, 1.807) is 0 Å². The zero-order chi connectivity index (χ0) is 13.0. The van der Waals surface area contributed by atoms with Gasteiger partial charge in [0.2, 0.25) is 5.89 Å². The molecule has 0 bridgehead atoms. The Hall–Kier alpha value is -1.10. The highest BCUT2D eigenvalue weighted by molar-refractivity contribution is 5.27. The fourth-order valence-corrected chi connectivity index (χ4v) is 2.67. The van der Waals surface area contributed by atoms with Gasteiger partial charge in [0.05, 0.1) is 0 Å². The average molecular weight is 252 g/mol. The molecule has 0 saturated heterocycles. The van der Waals surface area contributed by atoms with Crippen molar-refractivity contribution in [3.63, 3.8) is 0 Å². The van der Waals surface area contributed by atoms with Crippen molar-refractivity contribution >= 4 is 5.95 Å². The summed E-state index contributed by atoms with van der Waals surface area (Å²) < 4.78 is 5.42. The Morgan fingerprint density at radius 3 is 2.44 bits per heavy atom. The van der Waals surface area contributed by atoms with Gasteiger partial charge in [-0.05, 0) is 57.2 Å². The zero-order valence-electron chi connectivity index (χ0n) is 11.4. The first kappa shape index (κ1) is 13.3. The Kier molecular flexibility index (Phi) is 4.58. The van der Waals surface area contributed by atoms with E-state index in [-0.39, 0.29) is 0 Å². The Morgan fingerprint density at radius 2 is 1.89 bits per heavy atom. The molecule has 0 aliphatic heterocycles. The van der Waals surface area contributed by atoms with Gasteiger partial charge < -0.3 is 15.2 Å². The first-order valence-corrected chi connectivity index (χ1v) is 7.07. The number of anilines is 1. The highest BCUT2D eigenvalue weighted by atomic mass is 16.5. The van der Waals surface area contributed by atoms with E-state index in [1.807, 2.05) is 0 Å². The van der Waals surface area contributed by atoms with Crippen LogP contribution in [0.2, 0.25) is 0 Å². The van der Waals surface area contributed by atoms with E-state index in [1.165, 1.54) is 12.8 Å². The quantitative estimate of drug-likeness (QED) is 0.869. The van der Waals surface area contributed by atoms with Crippen molar-refractivity contribution in [2.45, 2.75) is 45.4 Å². The maximum atomic E-state index is 5.71. The lowest BCUT2D eigenvalue weighted by molar-refractivity contribution is 0.274. The van der Waals surface area contributed by atoms with Crippen LogP contribution in [-0.2, 0) is 0 Å². The predicted octanol–water partition coefficient (Wildman–Crippen LogP) is 2.15. The van der Waals surface area contributed by atoms with Crippen LogP contribution >= 0.6 is 0 Å². The van der Waals surface area contributed by atoms with Gasteiger partial charge in [0, 0.05) is 19.0 Å². The molecule has 0 aromatic carbocycles. The number of hydrogen-bond donors (Lipinski definition) is 1. The third kappa shape index (κ3) is 2.83. The van der Waals surface area contributed by atoms with Crippen LogP contribution in [0, 0.1) is 5.92 Å². The number of hydrogen-bond acceptors (Lipinski definition) is 5. The van der Waals surface area contributed by atoms with Crippen LogP contribution in [0.4, 0.5) is 5.95 Å². The molecule has 18 heavy (non-hydrogen) atoms. The number of rotatable bonds is 5. The molecule has 1 aromatic heterocycles. The van der Waals surface area contributed by atoms with Gasteiger partial charge in [-0.25, -0.2) is 0 Å². The van der Waals surface area contributed by atoms with E-state index in [0.717, 1.165) is 44.3 Å². The molecule has 102 valence electrons. The number of aromatic nitrogens is 2. The smallest absolute Gasteiger partial charge is 0.266 e. The van der Waals surface area contributed by atoms with Crippen LogP contribution in [0.5, 0.6) is 0 Å². The Balaban J connectivity index is 1.98. The molecular formula is C13H24N4O. The Morgan fingerprint density at radius 1 is 1.22 bits per heavy atom. The number of nitrogens with zero attached hydrogens (tertiary/aromatic N) is 3. The second kappa shape index (κ2) is 6.18. The van der Waals surface area contributed by atoms with Gasteiger partial charge in [-0.15, -0.1) is 0 Å². The molecule has 1 aliphatic carbocycles. The molecule has 1 heterocycles. The Labute approximate surface area is 109 Å². The maximum absolute atomic E-state index is 5.71. The second-order valence-corrected chi connectivity index (χ2v) is 5.06. The molecule has 1 saturated carbocycles. The molecule has 0 spiro atoms. The van der Waals surface area contributed by atoms with Gasteiger partial charge >= 0.3 is 0 Å². The molecule has 0 amide bonds. The molecule has 5 heteroatoms. The van der Waals surface area contributed by atoms with Crippen LogP contribution in [0.3, 0.4) is 0 Å². The van der Waals surface area contributed by atoms with Crippen LogP contribution in [0.1, 0.15) is 51.3 Å². The van der Waals surface area contributed by atoms with Gasteiger partial charge in [-0.2, -0.15) is 4.98 Å². The van der Waals surface area contributed by atoms with Crippen LogP contribution in [0.25, 0.3) is 0 Å². The van der Waals surface area contributed by atoms with Crippen LogP contribution < -0.4 is 10.6 Å². The molecule has 1 aromatic rings. The first-order valence-electron chi connectivity index (χ1n) is 7.07. The lowest BCUT2D eigenvalue weighted by Gasteiger charge is -2.25. The van der Waals surface area contributed by atoms with Crippen molar-refractivity contribution < 1.29 is 4.52 Å². The largest absolute Gasteiger partial charge is 0.339 e. The zero-order valence-corrected chi connectivity index (χ0v) is 11.4. The highest BCUT2D eigenvalue weighted by Gasteiger charge is 2.26. The maximum Gasteiger partial charge on any atom is 0.266 e. The summed E-state index contributed by atoms with van der Waals surface area (Å²) in [4.78, 5) is 6.65. The van der Waals surface area contributed by atoms with Gasteiger partial charge in [0.25, 0.3) is 5.95 Å². The van der Waals surface area contributed by atoms with Crippen molar-refractivity contribution in [2.75, 3.05) is 24.5 Å². The molecule has 2 rings (SSSR count). The fraction of sp³-hybridized carbons (Fsp3) is 0.846. The van der Waals surface area contributed by atoms with Crippen molar-refractivity contribution in [1.29, 1.82) is 0 Å². The van der Waals surface area contributed by atoms with Crippen molar-refractivity contribution in [3.8, 4) is 0 Å². The van der Waals surface area contributed by atoms with E-state index < -0.39 is 0 Å². The van der Waals surface area contributed by atoms with E-state index >= 15 is 0 Å². The lowest BCUT2D eigenvalue weighted by Crippen LogP contribution is -2.23. The molecule has 1 fully saturated rings. The van der Waals surface area contributed by atoms with Gasteiger partial charge in [-0.3, -0.25) is 0 Å². The van der Waals surface area contributed by atoms with Crippen LogP contribution in [0.15, 0.2) is 4.52 Å². The summed E-state index contributed by atoms with van der Waals surface area (Å²) in [6.45, 7) is 6.84. The minimum Gasteiger partial charge on any atom is -0.339 e. The lowest BCUT2D eigenvalue weighted by atomic mass is 9.82. The highest BCUT2D eigenvalue weighted by Crippen LogP contribution is 2.35. The summed E-state index contributed by atoms with van der Waals surface area (Å²) in [6.07, 6.45) is 4.62. The minimum absolute atomic E-state index is 0.435. The SMILES string of the molecule is CCN(CC)c1noc(C2CCC(CN)CC2)n1. The molecule has 0 atom stereocenters. The Bertz CT molecular complexity index is 354. The summed E-state index contributed by atoms with van der Waals surface area (Å²) in [7, 11) is 0. The van der Waals surface area contributed by atoms with Gasteiger partial charge in [0.1, 0.15) is 0 Å². The molecule has 1 aliphatic rings. The molecular weight excluding hydrogens is 228 g/mol. The van der Waals surface area contributed by atoms with E-state index in [9.17, 15) is 0 Å². The van der Waals surface area contributed by atoms with E-state index in [2.05, 4.69) is 28.9 Å². The summed E-state index contributed by atoms with van der Waals surface area (Å²) in [5.74, 6) is 2.67. The molecule has 0 unspecified atom stereocenters. The monoisotopic (exact) mass is 252 g/mol.